The molecule has 0 aliphatic carbocycles. The lowest BCUT2D eigenvalue weighted by molar-refractivity contribution is -0.143. The lowest BCUT2D eigenvalue weighted by atomic mass is 9.66. The van der Waals surface area contributed by atoms with Gasteiger partial charge in [0.1, 0.15) is 6.04 Å². The van der Waals surface area contributed by atoms with Crippen molar-refractivity contribution in [3.8, 4) is 0 Å². The van der Waals surface area contributed by atoms with Crippen molar-refractivity contribution in [2.45, 2.75) is 62.2 Å². The van der Waals surface area contributed by atoms with Crippen molar-refractivity contribution in [3.05, 3.63) is 65.2 Å². The topological polar surface area (TPSA) is 98.7 Å². The second-order valence-electron chi connectivity index (χ2n) is 11.1. The van der Waals surface area contributed by atoms with E-state index in [1.54, 1.807) is 40.9 Å². The van der Waals surface area contributed by atoms with E-state index in [9.17, 15) is 19.5 Å². The second-order valence-corrected chi connectivity index (χ2v) is 13.1. The zero-order chi connectivity index (χ0) is 27.9. The van der Waals surface area contributed by atoms with E-state index in [1.807, 2.05) is 44.2 Å². The molecule has 8 atom stereocenters. The summed E-state index contributed by atoms with van der Waals surface area (Å²) in [4.78, 5) is 43.8. The molecule has 5 rings (SSSR count). The summed E-state index contributed by atoms with van der Waals surface area (Å²) in [6, 6.07) is 15.2. The molecule has 7 nitrogen and oxygen atoms in total. The first-order chi connectivity index (χ1) is 18.7. The minimum absolute atomic E-state index is 0.0251. The molecule has 3 aliphatic rings. The Morgan fingerprint density at radius 2 is 1.85 bits per heavy atom. The van der Waals surface area contributed by atoms with Crippen molar-refractivity contribution < 1.29 is 19.5 Å². The van der Waals surface area contributed by atoms with Crippen LogP contribution in [0.25, 0.3) is 0 Å². The van der Waals surface area contributed by atoms with Crippen molar-refractivity contribution in [3.63, 3.8) is 0 Å². The molecule has 3 N–H and O–H groups in total. The van der Waals surface area contributed by atoms with Crippen LogP contribution in [-0.2, 0) is 20.9 Å². The molecule has 0 radical (unpaired) electrons. The van der Waals surface area contributed by atoms with E-state index in [2.05, 4.69) is 17.6 Å². The van der Waals surface area contributed by atoms with Crippen LogP contribution in [0, 0.1) is 23.7 Å². The summed E-state index contributed by atoms with van der Waals surface area (Å²) in [7, 11) is 0. The standard InChI is InChI=1S/C30H36ClN3O4S/c1-4-17(2)22(16-35)34-26(28(37)33-21-12-10-20(31)11-13-21)30-18(3)14-23(39-30)24(25(30)29(34)38)27(36)32-15-19-8-6-5-7-9-19/h5-13,17-18,22-26,35H,4,14-16H2,1-3H3,(H,32,36)(H,33,37)/t17-,18?,22-,23-,24+,25-,26?,30?/m0/s1. The van der Waals surface area contributed by atoms with Crippen LogP contribution in [0.5, 0.6) is 0 Å². The third-order valence-corrected chi connectivity index (χ3v) is 11.3. The quantitative estimate of drug-likeness (QED) is 0.417. The number of likely N-dealkylation sites (tertiary alicyclic amines) is 1. The summed E-state index contributed by atoms with van der Waals surface area (Å²) in [5.74, 6) is -1.79. The maximum absolute atomic E-state index is 14.4. The third kappa shape index (κ3) is 4.74. The first kappa shape index (κ1) is 28.0. The number of rotatable bonds is 9. The van der Waals surface area contributed by atoms with Crippen molar-refractivity contribution in [1.29, 1.82) is 0 Å². The summed E-state index contributed by atoms with van der Waals surface area (Å²) in [6.45, 7) is 6.23. The van der Waals surface area contributed by atoms with Crippen molar-refractivity contribution in [1.82, 2.24) is 10.2 Å². The number of thioether (sulfide) groups is 1. The molecule has 39 heavy (non-hydrogen) atoms. The van der Waals surface area contributed by atoms with Crippen molar-refractivity contribution in [2.75, 3.05) is 11.9 Å². The number of benzene rings is 2. The molecule has 1 spiro atoms. The largest absolute Gasteiger partial charge is 0.394 e. The Kier molecular flexibility index (Phi) is 8.00. The molecule has 3 heterocycles. The van der Waals surface area contributed by atoms with Crippen LogP contribution in [0.2, 0.25) is 5.02 Å². The SMILES string of the molecule is CC[C@H](C)[C@H](CO)N1C(=O)[C@@H]2[C@H](C(=O)NCc3ccccc3)[C@@H]3CC(C)C2(S3)C1C(=O)Nc1ccc(Cl)cc1. The van der Waals surface area contributed by atoms with E-state index in [1.165, 1.54) is 0 Å². The second kappa shape index (κ2) is 11.1. The minimum Gasteiger partial charge on any atom is -0.394 e. The first-order valence-corrected chi connectivity index (χ1v) is 15.0. The van der Waals surface area contributed by atoms with Gasteiger partial charge in [0.25, 0.3) is 0 Å². The van der Waals surface area contributed by atoms with Crippen LogP contribution < -0.4 is 10.6 Å². The number of hydrogen-bond acceptors (Lipinski definition) is 5. The average molecular weight is 570 g/mol. The Bertz CT molecular complexity index is 1230. The van der Waals surface area contributed by atoms with Crippen LogP contribution in [0.15, 0.2) is 54.6 Å². The van der Waals surface area contributed by atoms with Gasteiger partial charge in [0.05, 0.1) is 29.2 Å². The number of hydrogen-bond donors (Lipinski definition) is 3. The number of aliphatic hydroxyl groups excluding tert-OH is 1. The maximum atomic E-state index is 14.4. The number of fused-ring (bicyclic) bond motifs is 1. The van der Waals surface area contributed by atoms with Crippen LogP contribution in [0.3, 0.4) is 0 Å². The van der Waals surface area contributed by atoms with Gasteiger partial charge in [-0.25, -0.2) is 0 Å². The highest BCUT2D eigenvalue weighted by Gasteiger charge is 2.76. The molecule has 3 saturated heterocycles. The highest BCUT2D eigenvalue weighted by molar-refractivity contribution is 8.02. The minimum atomic E-state index is -0.811. The summed E-state index contributed by atoms with van der Waals surface area (Å²) in [6.07, 6.45) is 1.49. The molecule has 3 amide bonds. The monoisotopic (exact) mass is 569 g/mol. The normalized spacial score (nSPS) is 30.6. The van der Waals surface area contributed by atoms with E-state index < -0.39 is 28.7 Å². The molecule has 2 aromatic rings. The Hall–Kier alpha value is -2.55. The van der Waals surface area contributed by atoms with Gasteiger partial charge in [-0.15, -0.1) is 11.8 Å². The van der Waals surface area contributed by atoms with E-state index in [4.69, 9.17) is 11.6 Å². The van der Waals surface area contributed by atoms with E-state index >= 15 is 0 Å². The van der Waals surface area contributed by atoms with Crippen LogP contribution >= 0.6 is 23.4 Å². The fourth-order valence-corrected chi connectivity index (χ4v) is 9.41. The van der Waals surface area contributed by atoms with Gasteiger partial charge < -0.3 is 20.6 Å². The molecule has 3 fully saturated rings. The van der Waals surface area contributed by atoms with Gasteiger partial charge in [-0.3, -0.25) is 14.4 Å². The Balaban J connectivity index is 1.51. The smallest absolute Gasteiger partial charge is 0.248 e. The van der Waals surface area contributed by atoms with Gasteiger partial charge in [-0.05, 0) is 48.1 Å². The molecule has 3 unspecified atom stereocenters. The average Bonchev–Trinajstić information content (AvgIpc) is 3.53. The zero-order valence-corrected chi connectivity index (χ0v) is 24.0. The number of aliphatic hydroxyl groups is 1. The highest BCUT2D eigenvalue weighted by atomic mass is 35.5. The summed E-state index contributed by atoms with van der Waals surface area (Å²) in [5.41, 5.74) is 1.57. The highest BCUT2D eigenvalue weighted by Crippen LogP contribution is 2.69. The summed E-state index contributed by atoms with van der Waals surface area (Å²) in [5, 5.41) is 17.1. The zero-order valence-electron chi connectivity index (χ0n) is 22.5. The number of nitrogens with zero attached hydrogens (tertiary/aromatic N) is 1. The number of nitrogens with one attached hydrogen (secondary N) is 2. The third-order valence-electron chi connectivity index (χ3n) is 9.00. The fourth-order valence-electron chi connectivity index (χ4n) is 6.88. The first-order valence-electron chi connectivity index (χ1n) is 13.7. The lowest BCUT2D eigenvalue weighted by Gasteiger charge is -2.41. The number of anilines is 1. The van der Waals surface area contributed by atoms with Crippen molar-refractivity contribution >= 4 is 46.8 Å². The van der Waals surface area contributed by atoms with E-state index in [0.717, 1.165) is 18.4 Å². The Morgan fingerprint density at radius 3 is 2.49 bits per heavy atom. The maximum Gasteiger partial charge on any atom is 0.248 e. The predicted octanol–water partition coefficient (Wildman–Crippen LogP) is 4.34. The van der Waals surface area contributed by atoms with Gasteiger partial charge in [-0.2, -0.15) is 0 Å². The molecular formula is C30H36ClN3O4S. The molecule has 9 heteroatoms. The van der Waals surface area contributed by atoms with Gasteiger partial charge in [-0.1, -0.05) is 69.1 Å². The van der Waals surface area contributed by atoms with Gasteiger partial charge in [0.2, 0.25) is 17.7 Å². The molecule has 0 saturated carbocycles. The summed E-state index contributed by atoms with van der Waals surface area (Å²) < 4.78 is -0.756. The van der Waals surface area contributed by atoms with Gasteiger partial charge >= 0.3 is 0 Å². The van der Waals surface area contributed by atoms with E-state index in [0.29, 0.717) is 17.3 Å². The molecule has 3 aliphatic heterocycles. The molecule has 2 aromatic carbocycles. The Labute approximate surface area is 239 Å². The van der Waals surface area contributed by atoms with Gasteiger partial charge in [0.15, 0.2) is 0 Å². The summed E-state index contributed by atoms with van der Waals surface area (Å²) >= 11 is 7.68. The molecule has 2 bridgehead atoms. The van der Waals surface area contributed by atoms with Crippen molar-refractivity contribution in [2.24, 2.45) is 23.7 Å². The Morgan fingerprint density at radius 1 is 1.15 bits per heavy atom. The number of amides is 3. The van der Waals surface area contributed by atoms with E-state index in [-0.39, 0.29) is 41.4 Å². The van der Waals surface area contributed by atoms with Crippen LogP contribution in [0.1, 0.15) is 39.2 Å². The number of carbonyl (C=O) groups is 3. The lowest BCUT2D eigenvalue weighted by Crippen LogP contribution is -2.58. The van der Waals surface area contributed by atoms with Crippen LogP contribution in [-0.4, -0.2) is 56.4 Å². The molecular weight excluding hydrogens is 534 g/mol. The molecule has 208 valence electrons. The number of carbonyl (C=O) groups excluding carboxylic acids is 3. The predicted molar refractivity (Wildman–Crippen MR) is 154 cm³/mol. The van der Waals surface area contributed by atoms with Gasteiger partial charge in [0, 0.05) is 22.5 Å². The van der Waals surface area contributed by atoms with Crippen LogP contribution in [0.4, 0.5) is 5.69 Å². The molecule has 0 aromatic heterocycles. The fraction of sp³-hybridized carbons (Fsp3) is 0.500. The number of halogens is 1.